The van der Waals surface area contributed by atoms with Crippen molar-refractivity contribution in [3.05, 3.63) is 17.0 Å². The van der Waals surface area contributed by atoms with Crippen molar-refractivity contribution in [3.8, 4) is 0 Å². The van der Waals surface area contributed by atoms with Crippen LogP contribution in [0.2, 0.25) is 0 Å². The van der Waals surface area contributed by atoms with E-state index in [2.05, 4.69) is 9.82 Å². The van der Waals surface area contributed by atoms with Gasteiger partial charge in [-0.3, -0.25) is 9.48 Å². The Labute approximate surface area is 131 Å². The third-order valence-electron chi connectivity index (χ3n) is 4.17. The second kappa shape index (κ2) is 6.37. The lowest BCUT2D eigenvalue weighted by atomic mass is 10.0. The van der Waals surface area contributed by atoms with Crippen LogP contribution in [0.5, 0.6) is 0 Å². The lowest BCUT2D eigenvalue weighted by molar-refractivity contribution is -0.131. The van der Waals surface area contributed by atoms with Crippen LogP contribution in [0.1, 0.15) is 42.3 Å². The number of nitrogens with one attached hydrogen (secondary N) is 1. The van der Waals surface area contributed by atoms with Gasteiger partial charge < -0.3 is 4.90 Å². The molecule has 1 aromatic rings. The van der Waals surface area contributed by atoms with E-state index in [9.17, 15) is 13.2 Å². The molecule has 0 saturated carbocycles. The summed E-state index contributed by atoms with van der Waals surface area (Å²) in [5.41, 5.74) is 3.17. The van der Waals surface area contributed by atoms with Gasteiger partial charge in [-0.1, -0.05) is 0 Å². The molecule has 0 unspecified atom stereocenters. The van der Waals surface area contributed by atoms with Gasteiger partial charge in [-0.2, -0.15) is 5.10 Å². The monoisotopic (exact) mass is 328 g/mol. The largest absolute Gasteiger partial charge is 0.335 e. The summed E-state index contributed by atoms with van der Waals surface area (Å²) in [6.07, 6.45) is 3.17. The molecule has 1 aliphatic rings. The molecule has 124 valence electrons. The molecule has 2 heterocycles. The first-order valence-electron chi connectivity index (χ1n) is 7.45. The van der Waals surface area contributed by atoms with Gasteiger partial charge in [0.1, 0.15) is 0 Å². The molecule has 1 N–H and O–H groups in total. The van der Waals surface area contributed by atoms with E-state index < -0.39 is 10.0 Å². The van der Waals surface area contributed by atoms with Crippen molar-refractivity contribution in [3.63, 3.8) is 0 Å². The minimum absolute atomic E-state index is 0.0127. The van der Waals surface area contributed by atoms with Crippen LogP contribution in [0, 0.1) is 13.8 Å². The number of sulfonamides is 1. The number of nitrogens with zero attached hydrogens (tertiary/aromatic N) is 3. The molecule has 2 rings (SSSR count). The maximum Gasteiger partial charge on any atom is 0.224 e. The molecule has 0 bridgehead atoms. The van der Waals surface area contributed by atoms with Gasteiger partial charge in [0.15, 0.2) is 0 Å². The molecule has 22 heavy (non-hydrogen) atoms. The summed E-state index contributed by atoms with van der Waals surface area (Å²) < 4.78 is 26.3. The Morgan fingerprint density at radius 3 is 2.64 bits per heavy atom. The zero-order valence-corrected chi connectivity index (χ0v) is 14.4. The molecule has 0 aliphatic carbocycles. The number of carbonyl (C=O) groups excluding carboxylic acids is 1. The highest BCUT2D eigenvalue weighted by Crippen LogP contribution is 2.35. The van der Waals surface area contributed by atoms with Crippen LogP contribution in [0.4, 0.5) is 0 Å². The third kappa shape index (κ3) is 3.67. The van der Waals surface area contributed by atoms with Gasteiger partial charge in [0.25, 0.3) is 0 Å². The van der Waals surface area contributed by atoms with E-state index in [0.29, 0.717) is 0 Å². The van der Waals surface area contributed by atoms with E-state index in [1.807, 2.05) is 30.5 Å². The molecular weight excluding hydrogens is 304 g/mol. The van der Waals surface area contributed by atoms with Crippen molar-refractivity contribution in [1.82, 2.24) is 19.4 Å². The highest BCUT2D eigenvalue weighted by atomic mass is 32.2. The molecule has 7 nitrogen and oxygen atoms in total. The van der Waals surface area contributed by atoms with Crippen molar-refractivity contribution in [2.75, 3.05) is 19.3 Å². The first-order chi connectivity index (χ1) is 10.2. The summed E-state index contributed by atoms with van der Waals surface area (Å²) in [5.74, 6) is -0.0127. The maximum atomic E-state index is 12.4. The Bertz CT molecular complexity index is 666. The lowest BCUT2D eigenvalue weighted by Crippen LogP contribution is -2.34. The molecule has 8 heteroatoms. The van der Waals surface area contributed by atoms with E-state index >= 15 is 0 Å². The molecule has 1 fully saturated rings. The highest BCUT2D eigenvalue weighted by molar-refractivity contribution is 7.88. The van der Waals surface area contributed by atoms with E-state index in [4.69, 9.17) is 0 Å². The fraction of sp³-hybridized carbons (Fsp3) is 0.714. The summed E-state index contributed by atoms with van der Waals surface area (Å²) in [7, 11) is -1.35. The Morgan fingerprint density at radius 2 is 2.09 bits per heavy atom. The minimum Gasteiger partial charge on any atom is -0.335 e. The SMILES string of the molecule is Cc1nn(C)c(C)c1[C@@H]1CCCN1C(=O)CCNS(C)(=O)=O. The first-order valence-corrected chi connectivity index (χ1v) is 9.34. The number of hydrogen-bond donors (Lipinski definition) is 1. The van der Waals surface area contributed by atoms with E-state index in [1.165, 1.54) is 0 Å². The Balaban J connectivity index is 2.09. The van der Waals surface area contributed by atoms with Crippen LogP contribution in [0.25, 0.3) is 0 Å². The maximum absolute atomic E-state index is 12.4. The van der Waals surface area contributed by atoms with Gasteiger partial charge in [-0.05, 0) is 26.7 Å². The molecule has 1 saturated heterocycles. The zero-order valence-electron chi connectivity index (χ0n) is 13.6. The summed E-state index contributed by atoms with van der Waals surface area (Å²) >= 11 is 0. The van der Waals surface area contributed by atoms with E-state index in [-0.39, 0.29) is 24.9 Å². The van der Waals surface area contributed by atoms with Crippen molar-refractivity contribution in [1.29, 1.82) is 0 Å². The summed E-state index contributed by atoms with van der Waals surface area (Å²) in [6.45, 7) is 4.85. The number of hydrogen-bond acceptors (Lipinski definition) is 4. The normalized spacial score (nSPS) is 18.9. The number of rotatable bonds is 5. The lowest BCUT2D eigenvalue weighted by Gasteiger charge is -2.25. The Morgan fingerprint density at radius 1 is 1.41 bits per heavy atom. The van der Waals surface area contributed by atoms with Crippen molar-refractivity contribution in [2.24, 2.45) is 7.05 Å². The molecular formula is C14H24N4O3S. The summed E-state index contributed by atoms with van der Waals surface area (Å²) in [6, 6.07) is 0.0550. The van der Waals surface area contributed by atoms with Gasteiger partial charge in [0.2, 0.25) is 15.9 Å². The fourth-order valence-electron chi connectivity index (χ4n) is 3.12. The van der Waals surface area contributed by atoms with E-state index in [0.717, 1.165) is 42.6 Å². The number of carbonyl (C=O) groups is 1. The third-order valence-corrected chi connectivity index (χ3v) is 4.90. The second-order valence-corrected chi connectivity index (χ2v) is 7.70. The topological polar surface area (TPSA) is 84.3 Å². The van der Waals surface area contributed by atoms with Gasteiger partial charge in [-0.15, -0.1) is 0 Å². The Hall–Kier alpha value is -1.41. The van der Waals surface area contributed by atoms with Crippen LogP contribution < -0.4 is 4.72 Å². The van der Waals surface area contributed by atoms with Crippen molar-refractivity contribution in [2.45, 2.75) is 39.2 Å². The molecule has 0 aromatic carbocycles. The van der Waals surface area contributed by atoms with Crippen molar-refractivity contribution >= 4 is 15.9 Å². The van der Waals surface area contributed by atoms with Crippen LogP contribution in [0.3, 0.4) is 0 Å². The number of likely N-dealkylation sites (tertiary alicyclic amines) is 1. The smallest absolute Gasteiger partial charge is 0.224 e. The van der Waals surface area contributed by atoms with Gasteiger partial charge in [0.05, 0.1) is 18.0 Å². The average Bonchev–Trinajstić information content (AvgIpc) is 2.94. The zero-order chi connectivity index (χ0) is 16.5. The average molecular weight is 328 g/mol. The van der Waals surface area contributed by atoms with Crippen LogP contribution in [0.15, 0.2) is 0 Å². The highest BCUT2D eigenvalue weighted by Gasteiger charge is 2.33. The Kier molecular flexibility index (Phi) is 4.91. The van der Waals surface area contributed by atoms with Crippen LogP contribution in [-0.2, 0) is 21.9 Å². The molecule has 0 radical (unpaired) electrons. The van der Waals surface area contributed by atoms with Crippen molar-refractivity contribution < 1.29 is 13.2 Å². The summed E-state index contributed by atoms with van der Waals surface area (Å²) in [4.78, 5) is 14.3. The van der Waals surface area contributed by atoms with Gasteiger partial charge >= 0.3 is 0 Å². The number of aryl methyl sites for hydroxylation is 2. The molecule has 1 aromatic heterocycles. The van der Waals surface area contributed by atoms with Gasteiger partial charge in [0, 0.05) is 37.8 Å². The second-order valence-electron chi connectivity index (χ2n) is 5.87. The van der Waals surface area contributed by atoms with Gasteiger partial charge in [-0.25, -0.2) is 13.1 Å². The fourth-order valence-corrected chi connectivity index (χ4v) is 3.60. The number of amides is 1. The molecule has 1 atom stereocenters. The number of aromatic nitrogens is 2. The molecule has 0 spiro atoms. The van der Waals surface area contributed by atoms with Crippen LogP contribution in [-0.4, -0.2) is 48.4 Å². The predicted molar refractivity (Wildman–Crippen MR) is 83.8 cm³/mol. The van der Waals surface area contributed by atoms with E-state index in [1.54, 1.807) is 0 Å². The minimum atomic E-state index is -3.25. The van der Waals surface area contributed by atoms with Crippen LogP contribution >= 0.6 is 0 Å². The summed E-state index contributed by atoms with van der Waals surface area (Å²) in [5, 5.41) is 4.43. The standard InChI is InChI=1S/C14H24N4O3S/c1-10-14(11(2)17(3)16-10)12-6-5-9-18(12)13(19)7-8-15-22(4,20)21/h12,15H,5-9H2,1-4H3/t12-/m0/s1. The molecule has 1 amide bonds. The quantitative estimate of drug-likeness (QED) is 0.860. The first kappa shape index (κ1) is 17.0. The predicted octanol–water partition coefficient (Wildman–Crippen LogP) is 0.640. The molecule has 1 aliphatic heterocycles.